The van der Waals surface area contributed by atoms with Gasteiger partial charge in [-0.1, -0.05) is 22.0 Å². The van der Waals surface area contributed by atoms with Crippen molar-refractivity contribution >= 4 is 49.2 Å². The van der Waals surface area contributed by atoms with Crippen LogP contribution in [0, 0.1) is 0 Å². The highest BCUT2D eigenvalue weighted by atomic mass is 79.9. The number of carboxylic acid groups (broad SMARTS) is 1. The molecule has 1 N–H and O–H groups in total. The molecule has 0 saturated carbocycles. The van der Waals surface area contributed by atoms with Crippen molar-refractivity contribution in [1.29, 1.82) is 0 Å². The molecule has 0 aliphatic rings. The van der Waals surface area contributed by atoms with Crippen molar-refractivity contribution in [2.75, 3.05) is 0 Å². The number of rotatable bonds is 2. The number of carbonyl (C=O) groups is 1. The first-order valence-corrected chi connectivity index (χ1v) is 6.87. The zero-order chi connectivity index (χ0) is 11.7. The molecule has 16 heavy (non-hydrogen) atoms. The standard InChI is InChI=1S/C11H6Br2O2S/c12-6-1-2-7(8(3-6)11(14)15)9-4-16-5-10(9)13/h1-5H,(H,14,15). The lowest BCUT2D eigenvalue weighted by molar-refractivity contribution is 0.0697. The Balaban J connectivity index is 2.65. The summed E-state index contributed by atoms with van der Waals surface area (Å²) in [7, 11) is 0. The molecule has 0 aliphatic carbocycles. The zero-order valence-corrected chi connectivity index (χ0v) is 11.9. The van der Waals surface area contributed by atoms with E-state index in [2.05, 4.69) is 31.9 Å². The van der Waals surface area contributed by atoms with Gasteiger partial charge in [0.2, 0.25) is 0 Å². The van der Waals surface area contributed by atoms with Crippen LogP contribution >= 0.6 is 43.2 Å². The number of halogens is 2. The van der Waals surface area contributed by atoms with Crippen LogP contribution in [-0.2, 0) is 0 Å². The lowest BCUT2D eigenvalue weighted by Crippen LogP contribution is -1.99. The number of hydrogen-bond donors (Lipinski definition) is 1. The molecular formula is C11H6Br2O2S. The van der Waals surface area contributed by atoms with Crippen LogP contribution < -0.4 is 0 Å². The Morgan fingerprint density at radius 1 is 1.19 bits per heavy atom. The molecule has 1 aromatic heterocycles. The van der Waals surface area contributed by atoms with Crippen molar-refractivity contribution < 1.29 is 9.90 Å². The Kier molecular flexibility index (Phi) is 3.47. The molecule has 2 nitrogen and oxygen atoms in total. The normalized spacial score (nSPS) is 10.4. The first-order chi connectivity index (χ1) is 7.59. The lowest BCUT2D eigenvalue weighted by atomic mass is 10.0. The summed E-state index contributed by atoms with van der Waals surface area (Å²) < 4.78 is 1.68. The fourth-order valence-electron chi connectivity index (χ4n) is 1.40. The fourth-order valence-corrected chi connectivity index (χ4v) is 3.27. The summed E-state index contributed by atoms with van der Waals surface area (Å²) in [6, 6.07) is 5.26. The van der Waals surface area contributed by atoms with Crippen LogP contribution in [0.2, 0.25) is 0 Å². The van der Waals surface area contributed by atoms with Crippen LogP contribution in [0.15, 0.2) is 37.9 Å². The summed E-state index contributed by atoms with van der Waals surface area (Å²) in [6.45, 7) is 0. The number of hydrogen-bond acceptors (Lipinski definition) is 2. The van der Waals surface area contributed by atoms with E-state index >= 15 is 0 Å². The third-order valence-corrected chi connectivity index (χ3v) is 4.31. The van der Waals surface area contributed by atoms with Crippen molar-refractivity contribution in [3.05, 3.63) is 43.5 Å². The second-order valence-corrected chi connectivity index (χ2v) is 5.64. The molecule has 1 aromatic carbocycles. The Morgan fingerprint density at radius 2 is 1.94 bits per heavy atom. The minimum atomic E-state index is -0.922. The molecule has 0 unspecified atom stereocenters. The van der Waals surface area contributed by atoms with E-state index < -0.39 is 5.97 Å². The van der Waals surface area contributed by atoms with Crippen molar-refractivity contribution in [2.45, 2.75) is 0 Å². The van der Waals surface area contributed by atoms with Crippen LogP contribution in [-0.4, -0.2) is 11.1 Å². The minimum absolute atomic E-state index is 0.300. The third-order valence-electron chi connectivity index (χ3n) is 2.12. The molecule has 1 heterocycles. The highest BCUT2D eigenvalue weighted by molar-refractivity contribution is 9.10. The predicted molar refractivity (Wildman–Crippen MR) is 72.1 cm³/mol. The zero-order valence-electron chi connectivity index (χ0n) is 7.91. The van der Waals surface area contributed by atoms with Gasteiger partial charge < -0.3 is 5.11 Å². The molecule has 5 heteroatoms. The minimum Gasteiger partial charge on any atom is -0.478 e. The van der Waals surface area contributed by atoms with E-state index in [1.165, 1.54) is 11.3 Å². The van der Waals surface area contributed by atoms with Crippen molar-refractivity contribution in [3.63, 3.8) is 0 Å². The summed E-state index contributed by atoms with van der Waals surface area (Å²) in [5.41, 5.74) is 1.94. The van der Waals surface area contributed by atoms with Gasteiger partial charge in [0.25, 0.3) is 0 Å². The van der Waals surface area contributed by atoms with Gasteiger partial charge in [-0.15, -0.1) is 0 Å². The van der Waals surface area contributed by atoms with Gasteiger partial charge in [0.15, 0.2) is 0 Å². The molecule has 2 rings (SSSR count). The molecule has 0 atom stereocenters. The molecule has 82 valence electrons. The van der Waals surface area contributed by atoms with Gasteiger partial charge in [-0.3, -0.25) is 0 Å². The van der Waals surface area contributed by atoms with Crippen LogP contribution in [0.1, 0.15) is 10.4 Å². The van der Waals surface area contributed by atoms with Gasteiger partial charge in [0.1, 0.15) is 0 Å². The van der Waals surface area contributed by atoms with Gasteiger partial charge >= 0.3 is 5.97 Å². The van der Waals surface area contributed by atoms with E-state index in [1.807, 2.05) is 16.8 Å². The molecule has 0 bridgehead atoms. The van der Waals surface area contributed by atoms with Gasteiger partial charge in [0.05, 0.1) is 5.56 Å². The van der Waals surface area contributed by atoms with Gasteiger partial charge in [-0.2, -0.15) is 11.3 Å². The van der Waals surface area contributed by atoms with Gasteiger partial charge in [-0.25, -0.2) is 4.79 Å². The summed E-state index contributed by atoms with van der Waals surface area (Å²) in [5.74, 6) is -0.922. The number of aromatic carboxylic acids is 1. The largest absolute Gasteiger partial charge is 0.478 e. The number of benzene rings is 1. The predicted octanol–water partition coefficient (Wildman–Crippen LogP) is 4.64. The second-order valence-electron chi connectivity index (χ2n) is 3.13. The maximum atomic E-state index is 11.1. The van der Waals surface area contributed by atoms with E-state index in [1.54, 1.807) is 12.1 Å². The molecule has 0 spiro atoms. The average molecular weight is 362 g/mol. The monoisotopic (exact) mass is 360 g/mol. The molecule has 0 fully saturated rings. The molecule has 0 aliphatic heterocycles. The van der Waals surface area contributed by atoms with Gasteiger partial charge in [-0.05, 0) is 39.0 Å². The first kappa shape index (κ1) is 11.8. The third kappa shape index (κ3) is 2.21. The van der Waals surface area contributed by atoms with Crippen LogP contribution in [0.25, 0.3) is 11.1 Å². The van der Waals surface area contributed by atoms with Crippen LogP contribution in [0.5, 0.6) is 0 Å². The van der Waals surface area contributed by atoms with E-state index in [0.29, 0.717) is 5.56 Å². The maximum Gasteiger partial charge on any atom is 0.336 e. The quantitative estimate of drug-likeness (QED) is 0.846. The smallest absolute Gasteiger partial charge is 0.336 e. The van der Waals surface area contributed by atoms with Crippen molar-refractivity contribution in [2.24, 2.45) is 0 Å². The second kappa shape index (κ2) is 4.69. The van der Waals surface area contributed by atoms with Crippen LogP contribution in [0.4, 0.5) is 0 Å². The fraction of sp³-hybridized carbons (Fsp3) is 0. The molecule has 0 amide bonds. The van der Waals surface area contributed by atoms with E-state index in [9.17, 15) is 4.79 Å². The van der Waals surface area contributed by atoms with E-state index in [-0.39, 0.29) is 0 Å². The van der Waals surface area contributed by atoms with E-state index in [0.717, 1.165) is 20.1 Å². The summed E-state index contributed by atoms with van der Waals surface area (Å²) >= 11 is 8.22. The SMILES string of the molecule is O=C(O)c1cc(Br)ccc1-c1cscc1Br. The number of carboxylic acids is 1. The van der Waals surface area contributed by atoms with E-state index in [4.69, 9.17) is 5.11 Å². The van der Waals surface area contributed by atoms with Crippen molar-refractivity contribution in [1.82, 2.24) is 0 Å². The first-order valence-electron chi connectivity index (χ1n) is 4.34. The van der Waals surface area contributed by atoms with Crippen molar-refractivity contribution in [3.8, 4) is 11.1 Å². The topological polar surface area (TPSA) is 37.3 Å². The summed E-state index contributed by atoms with van der Waals surface area (Å²) in [6.07, 6.45) is 0. The molecule has 2 aromatic rings. The molecular weight excluding hydrogens is 356 g/mol. The Bertz CT molecular complexity index is 549. The highest BCUT2D eigenvalue weighted by Gasteiger charge is 2.14. The Morgan fingerprint density at radius 3 is 2.50 bits per heavy atom. The lowest BCUT2D eigenvalue weighted by Gasteiger charge is -2.05. The number of thiophene rings is 1. The maximum absolute atomic E-state index is 11.1. The summed E-state index contributed by atoms with van der Waals surface area (Å²) in [4.78, 5) is 11.1. The Labute approximate surface area is 113 Å². The molecule has 0 saturated heterocycles. The average Bonchev–Trinajstić information content (AvgIpc) is 2.64. The Hall–Kier alpha value is -0.650. The van der Waals surface area contributed by atoms with Gasteiger partial charge in [0, 0.05) is 19.9 Å². The highest BCUT2D eigenvalue weighted by Crippen LogP contribution is 2.34. The summed E-state index contributed by atoms with van der Waals surface area (Å²) in [5, 5.41) is 13.0. The molecule has 0 radical (unpaired) electrons. The van der Waals surface area contributed by atoms with Crippen LogP contribution in [0.3, 0.4) is 0 Å².